The summed E-state index contributed by atoms with van der Waals surface area (Å²) in [6.07, 6.45) is 0.567. The van der Waals surface area contributed by atoms with Crippen LogP contribution >= 0.6 is 11.6 Å². The van der Waals surface area contributed by atoms with Gasteiger partial charge in [-0.15, -0.1) is 11.6 Å². The summed E-state index contributed by atoms with van der Waals surface area (Å²) in [4.78, 5) is 5.10. The van der Waals surface area contributed by atoms with Gasteiger partial charge < -0.3 is 4.84 Å². The van der Waals surface area contributed by atoms with Crippen molar-refractivity contribution in [3.05, 3.63) is 35.1 Å². The third kappa shape index (κ3) is 2.12. The summed E-state index contributed by atoms with van der Waals surface area (Å²) in [5.41, 5.74) is 2.58. The van der Waals surface area contributed by atoms with Crippen molar-refractivity contribution in [1.82, 2.24) is 0 Å². The summed E-state index contributed by atoms with van der Waals surface area (Å²) in [5.74, 6) is 0.147. The second kappa shape index (κ2) is 4.19. The maximum atomic E-state index is 13.1. The van der Waals surface area contributed by atoms with Crippen molar-refractivity contribution >= 4 is 17.3 Å². The molecule has 0 bridgehead atoms. The first-order valence-electron chi connectivity index (χ1n) is 4.76. The molecule has 0 spiro atoms. The summed E-state index contributed by atoms with van der Waals surface area (Å²) < 4.78 is 13.1. The van der Waals surface area contributed by atoms with Crippen LogP contribution in [-0.2, 0) is 4.84 Å². The van der Waals surface area contributed by atoms with Gasteiger partial charge in [0, 0.05) is 12.0 Å². The number of alkyl halides is 1. The Balaban J connectivity index is 2.27. The Morgan fingerprint density at radius 2 is 2.40 bits per heavy atom. The molecular formula is C11H11ClFNO. The van der Waals surface area contributed by atoms with Gasteiger partial charge in [-0.3, -0.25) is 0 Å². The molecule has 0 aliphatic carbocycles. The van der Waals surface area contributed by atoms with Crippen LogP contribution in [0.3, 0.4) is 0 Å². The maximum Gasteiger partial charge on any atom is 0.146 e. The van der Waals surface area contributed by atoms with E-state index >= 15 is 0 Å². The van der Waals surface area contributed by atoms with Crippen molar-refractivity contribution in [2.24, 2.45) is 5.16 Å². The zero-order valence-corrected chi connectivity index (χ0v) is 9.09. The minimum absolute atomic E-state index is 0.0793. The van der Waals surface area contributed by atoms with Crippen molar-refractivity contribution in [3.63, 3.8) is 0 Å². The molecule has 0 radical (unpaired) electrons. The molecular weight excluding hydrogens is 217 g/mol. The van der Waals surface area contributed by atoms with Crippen LogP contribution in [-0.4, -0.2) is 17.7 Å². The fourth-order valence-corrected chi connectivity index (χ4v) is 1.74. The highest BCUT2D eigenvalue weighted by molar-refractivity contribution is 6.18. The lowest BCUT2D eigenvalue weighted by atomic mass is 10.0. The van der Waals surface area contributed by atoms with E-state index in [-0.39, 0.29) is 11.9 Å². The third-order valence-electron chi connectivity index (χ3n) is 2.42. The minimum atomic E-state index is -0.257. The quantitative estimate of drug-likeness (QED) is 0.712. The Labute approximate surface area is 92.7 Å². The van der Waals surface area contributed by atoms with E-state index in [9.17, 15) is 4.39 Å². The van der Waals surface area contributed by atoms with Crippen LogP contribution in [0.15, 0.2) is 23.4 Å². The van der Waals surface area contributed by atoms with E-state index in [4.69, 9.17) is 16.4 Å². The number of aryl methyl sites for hydroxylation is 1. The highest BCUT2D eigenvalue weighted by Crippen LogP contribution is 2.20. The molecule has 0 fully saturated rings. The van der Waals surface area contributed by atoms with Gasteiger partial charge in [0.25, 0.3) is 0 Å². The van der Waals surface area contributed by atoms with E-state index < -0.39 is 0 Å². The van der Waals surface area contributed by atoms with Gasteiger partial charge in [-0.1, -0.05) is 11.2 Å². The van der Waals surface area contributed by atoms with Crippen molar-refractivity contribution in [2.45, 2.75) is 19.4 Å². The van der Waals surface area contributed by atoms with Crippen LogP contribution < -0.4 is 0 Å². The number of rotatable bonds is 2. The van der Waals surface area contributed by atoms with Gasteiger partial charge in [0.05, 0.1) is 11.6 Å². The van der Waals surface area contributed by atoms with Gasteiger partial charge in [0.1, 0.15) is 11.9 Å². The van der Waals surface area contributed by atoms with Gasteiger partial charge in [-0.25, -0.2) is 4.39 Å². The molecule has 1 unspecified atom stereocenters. The van der Waals surface area contributed by atoms with Crippen LogP contribution in [0.2, 0.25) is 0 Å². The van der Waals surface area contributed by atoms with Gasteiger partial charge in [0.15, 0.2) is 0 Å². The molecule has 4 heteroatoms. The van der Waals surface area contributed by atoms with Crippen LogP contribution in [0.25, 0.3) is 0 Å². The average Bonchev–Trinajstić information content (AvgIpc) is 2.70. The summed E-state index contributed by atoms with van der Waals surface area (Å²) >= 11 is 5.66. The lowest BCUT2D eigenvalue weighted by Crippen LogP contribution is -2.10. The molecule has 1 aromatic rings. The van der Waals surface area contributed by atoms with Gasteiger partial charge in [0.2, 0.25) is 0 Å². The molecule has 1 aromatic carbocycles. The Bertz CT molecular complexity index is 406. The van der Waals surface area contributed by atoms with E-state index in [1.165, 1.54) is 12.1 Å². The summed E-state index contributed by atoms with van der Waals surface area (Å²) in [7, 11) is 0. The van der Waals surface area contributed by atoms with E-state index in [0.29, 0.717) is 12.3 Å². The van der Waals surface area contributed by atoms with Crippen LogP contribution in [0.1, 0.15) is 17.5 Å². The monoisotopic (exact) mass is 227 g/mol. The first-order valence-corrected chi connectivity index (χ1v) is 5.29. The first-order chi connectivity index (χ1) is 7.20. The molecule has 1 atom stereocenters. The topological polar surface area (TPSA) is 21.6 Å². The lowest BCUT2D eigenvalue weighted by Gasteiger charge is -2.04. The second-order valence-corrected chi connectivity index (χ2v) is 3.89. The molecule has 2 nitrogen and oxygen atoms in total. The SMILES string of the molecule is Cc1ccc(F)cc1C1=NOC(CCl)C1. The number of halogens is 2. The Morgan fingerprint density at radius 3 is 3.07 bits per heavy atom. The number of hydrogen-bond acceptors (Lipinski definition) is 2. The number of benzene rings is 1. The van der Waals surface area contributed by atoms with Crippen LogP contribution in [0.5, 0.6) is 0 Å². The van der Waals surface area contributed by atoms with Crippen molar-refractivity contribution in [1.29, 1.82) is 0 Å². The molecule has 2 rings (SSSR count). The summed E-state index contributed by atoms with van der Waals surface area (Å²) in [6, 6.07) is 4.66. The minimum Gasteiger partial charge on any atom is -0.391 e. The Hall–Kier alpha value is -1.09. The molecule has 1 heterocycles. The predicted octanol–water partition coefficient (Wildman–Crippen LogP) is 2.87. The molecule has 0 aromatic heterocycles. The van der Waals surface area contributed by atoms with Crippen LogP contribution in [0, 0.1) is 12.7 Å². The first kappa shape index (κ1) is 10.4. The standard InChI is InChI=1S/C11H11ClFNO/c1-7-2-3-8(13)4-10(7)11-5-9(6-12)15-14-11/h2-4,9H,5-6H2,1H3. The zero-order valence-electron chi connectivity index (χ0n) is 8.34. The highest BCUT2D eigenvalue weighted by Gasteiger charge is 2.22. The number of hydrogen-bond donors (Lipinski definition) is 0. The predicted molar refractivity (Wildman–Crippen MR) is 57.9 cm³/mol. The smallest absolute Gasteiger partial charge is 0.146 e. The van der Waals surface area contributed by atoms with Crippen molar-refractivity contribution in [3.8, 4) is 0 Å². The molecule has 15 heavy (non-hydrogen) atoms. The van der Waals surface area contributed by atoms with Crippen molar-refractivity contribution < 1.29 is 9.23 Å². The maximum absolute atomic E-state index is 13.1. The fourth-order valence-electron chi connectivity index (χ4n) is 1.58. The van der Waals surface area contributed by atoms with Gasteiger partial charge in [-0.05, 0) is 24.6 Å². The largest absolute Gasteiger partial charge is 0.391 e. The normalized spacial score (nSPS) is 19.9. The third-order valence-corrected chi connectivity index (χ3v) is 2.76. The van der Waals surface area contributed by atoms with Crippen molar-refractivity contribution in [2.75, 3.05) is 5.88 Å². The molecule has 1 aliphatic heterocycles. The number of nitrogens with zero attached hydrogens (tertiary/aromatic N) is 1. The second-order valence-electron chi connectivity index (χ2n) is 3.58. The zero-order chi connectivity index (χ0) is 10.8. The Morgan fingerprint density at radius 1 is 1.60 bits per heavy atom. The van der Waals surface area contributed by atoms with Gasteiger partial charge in [-0.2, -0.15) is 0 Å². The van der Waals surface area contributed by atoms with Gasteiger partial charge >= 0.3 is 0 Å². The van der Waals surface area contributed by atoms with E-state index in [1.54, 1.807) is 6.07 Å². The number of oxime groups is 1. The van der Waals surface area contributed by atoms with E-state index in [1.807, 2.05) is 6.92 Å². The molecule has 80 valence electrons. The lowest BCUT2D eigenvalue weighted by molar-refractivity contribution is 0.102. The fraction of sp³-hybridized carbons (Fsp3) is 0.364. The summed E-state index contributed by atoms with van der Waals surface area (Å²) in [6.45, 7) is 1.92. The summed E-state index contributed by atoms with van der Waals surface area (Å²) in [5, 5.41) is 3.93. The molecule has 0 saturated heterocycles. The molecule has 0 N–H and O–H groups in total. The van der Waals surface area contributed by atoms with E-state index in [2.05, 4.69) is 5.16 Å². The average molecular weight is 228 g/mol. The molecule has 0 saturated carbocycles. The molecule has 1 aliphatic rings. The highest BCUT2D eigenvalue weighted by atomic mass is 35.5. The molecule has 0 amide bonds. The van der Waals surface area contributed by atoms with Crippen LogP contribution in [0.4, 0.5) is 4.39 Å². The van der Waals surface area contributed by atoms with E-state index in [0.717, 1.165) is 16.8 Å². The Kier molecular flexibility index (Phi) is 2.91.